The van der Waals surface area contributed by atoms with Crippen LogP contribution in [0.3, 0.4) is 0 Å². The first kappa shape index (κ1) is 23.6. The number of fused-ring (bicyclic) bond motifs is 1. The summed E-state index contributed by atoms with van der Waals surface area (Å²) < 4.78 is 2.11. The Morgan fingerprint density at radius 3 is 2.25 bits per heavy atom. The number of aromatic nitrogens is 2. The summed E-state index contributed by atoms with van der Waals surface area (Å²) in [6.07, 6.45) is 5.16. The lowest BCUT2D eigenvalue weighted by Crippen LogP contribution is -2.33. The van der Waals surface area contributed by atoms with Crippen molar-refractivity contribution in [3.8, 4) is 0 Å². The lowest BCUT2D eigenvalue weighted by atomic mass is 9.89. The van der Waals surface area contributed by atoms with Crippen LogP contribution in [0.2, 0.25) is 0 Å². The minimum absolute atomic E-state index is 0.0916. The summed E-state index contributed by atoms with van der Waals surface area (Å²) in [4.78, 5) is 20.6. The Bertz CT molecular complexity index is 1430. The third-order valence-corrected chi connectivity index (χ3v) is 6.83. The molecule has 0 N–H and O–H groups in total. The number of pyridine rings is 1. The highest BCUT2D eigenvalue weighted by Crippen LogP contribution is 2.32. The molecule has 4 heteroatoms. The van der Waals surface area contributed by atoms with Gasteiger partial charge in [-0.3, -0.25) is 4.79 Å². The Balaban J connectivity index is 1.46. The molecule has 1 atom stereocenters. The number of nitrogens with zero attached hydrogens (tertiary/aromatic N) is 3. The second kappa shape index (κ2) is 11.0. The van der Waals surface area contributed by atoms with E-state index in [1.807, 2.05) is 65.8 Å². The van der Waals surface area contributed by atoms with Crippen molar-refractivity contribution in [2.45, 2.75) is 32.2 Å². The van der Waals surface area contributed by atoms with Gasteiger partial charge < -0.3 is 9.30 Å². The Labute approximate surface area is 212 Å². The molecule has 1 amide bonds. The molecule has 36 heavy (non-hydrogen) atoms. The number of hydrogen-bond donors (Lipinski definition) is 0. The first-order valence-electron chi connectivity index (χ1n) is 12.5. The molecule has 5 aromatic rings. The lowest BCUT2D eigenvalue weighted by molar-refractivity contribution is -0.132. The van der Waals surface area contributed by atoms with Crippen molar-refractivity contribution in [2.75, 3.05) is 6.54 Å². The van der Waals surface area contributed by atoms with Gasteiger partial charge in [0.15, 0.2) is 0 Å². The summed E-state index contributed by atoms with van der Waals surface area (Å²) in [5.41, 5.74) is 6.65. The molecule has 0 saturated carbocycles. The molecule has 0 aliphatic heterocycles. The summed E-state index contributed by atoms with van der Waals surface area (Å²) in [5, 5.41) is 0. The van der Waals surface area contributed by atoms with Gasteiger partial charge in [-0.25, -0.2) is 4.98 Å². The molecule has 4 nitrogen and oxygen atoms in total. The van der Waals surface area contributed by atoms with Crippen LogP contribution in [0.25, 0.3) is 5.65 Å². The van der Waals surface area contributed by atoms with Crippen LogP contribution in [0.15, 0.2) is 116 Å². The van der Waals surface area contributed by atoms with Crippen LogP contribution in [-0.2, 0) is 17.8 Å². The molecule has 0 spiro atoms. The number of hydrogen-bond acceptors (Lipinski definition) is 2. The maximum Gasteiger partial charge on any atom is 0.223 e. The van der Waals surface area contributed by atoms with Crippen LogP contribution in [0, 0.1) is 6.92 Å². The molecule has 5 rings (SSSR count). The third-order valence-electron chi connectivity index (χ3n) is 6.83. The largest absolute Gasteiger partial charge is 0.338 e. The molecule has 2 heterocycles. The standard InChI is InChI=1S/C32H31N3O/c1-25-12-8-9-17-28(25)29(30-23-33-31-18-10-11-20-35(30)31)22-32(36)34(24-27-15-6-3-7-16-27)21-19-26-13-4-2-5-14-26/h2-18,20,23,29H,19,21-22,24H2,1H3. The monoisotopic (exact) mass is 473 g/mol. The first-order valence-corrected chi connectivity index (χ1v) is 12.5. The zero-order valence-electron chi connectivity index (χ0n) is 20.6. The van der Waals surface area contributed by atoms with E-state index < -0.39 is 0 Å². The summed E-state index contributed by atoms with van der Waals surface area (Å²) in [6.45, 7) is 3.39. The second-order valence-electron chi connectivity index (χ2n) is 9.26. The molecule has 0 aliphatic rings. The van der Waals surface area contributed by atoms with E-state index in [2.05, 4.69) is 70.9 Å². The maximum absolute atomic E-state index is 14.0. The molecular formula is C32H31N3O. The van der Waals surface area contributed by atoms with E-state index in [0.29, 0.717) is 19.5 Å². The smallest absolute Gasteiger partial charge is 0.223 e. The van der Waals surface area contributed by atoms with E-state index in [9.17, 15) is 4.79 Å². The predicted octanol–water partition coefficient (Wildman–Crippen LogP) is 6.44. The molecule has 0 saturated heterocycles. The van der Waals surface area contributed by atoms with Crippen LogP contribution < -0.4 is 0 Å². The third kappa shape index (κ3) is 5.38. The van der Waals surface area contributed by atoms with Gasteiger partial charge in [-0.2, -0.15) is 0 Å². The summed E-state index contributed by atoms with van der Waals surface area (Å²) in [7, 11) is 0. The number of amides is 1. The van der Waals surface area contributed by atoms with Crippen molar-refractivity contribution in [2.24, 2.45) is 0 Å². The molecule has 3 aromatic carbocycles. The first-order chi connectivity index (χ1) is 17.7. The second-order valence-corrected chi connectivity index (χ2v) is 9.26. The molecule has 0 fully saturated rings. The SMILES string of the molecule is Cc1ccccc1C(CC(=O)N(CCc1ccccc1)Cc1ccccc1)c1cnc2ccccn12. The minimum atomic E-state index is -0.0916. The van der Waals surface area contributed by atoms with Gasteiger partial charge in [-0.1, -0.05) is 91.0 Å². The topological polar surface area (TPSA) is 37.6 Å². The molecule has 0 radical (unpaired) electrons. The van der Waals surface area contributed by atoms with Gasteiger partial charge in [0.2, 0.25) is 5.91 Å². The molecule has 0 aliphatic carbocycles. The van der Waals surface area contributed by atoms with Gasteiger partial charge in [0.05, 0.1) is 5.69 Å². The highest BCUT2D eigenvalue weighted by Gasteiger charge is 2.26. The number of rotatable bonds is 9. The normalized spacial score (nSPS) is 11.9. The van der Waals surface area contributed by atoms with Crippen molar-refractivity contribution in [1.82, 2.24) is 14.3 Å². The Kier molecular flexibility index (Phi) is 7.23. The van der Waals surface area contributed by atoms with Crippen LogP contribution in [0.1, 0.15) is 40.3 Å². The average Bonchev–Trinajstić information content (AvgIpc) is 3.35. The molecule has 180 valence electrons. The van der Waals surface area contributed by atoms with Crippen molar-refractivity contribution in [3.05, 3.63) is 143 Å². The molecule has 2 aromatic heterocycles. The van der Waals surface area contributed by atoms with E-state index in [1.165, 1.54) is 16.7 Å². The minimum Gasteiger partial charge on any atom is -0.338 e. The van der Waals surface area contributed by atoms with E-state index in [4.69, 9.17) is 0 Å². The van der Waals surface area contributed by atoms with Gasteiger partial charge in [-0.15, -0.1) is 0 Å². The van der Waals surface area contributed by atoms with Gasteiger partial charge in [0.1, 0.15) is 5.65 Å². The average molecular weight is 474 g/mol. The maximum atomic E-state index is 14.0. The van der Waals surface area contributed by atoms with Crippen molar-refractivity contribution in [3.63, 3.8) is 0 Å². The number of carbonyl (C=O) groups excluding carboxylic acids is 1. The quantitative estimate of drug-likeness (QED) is 0.247. The summed E-state index contributed by atoms with van der Waals surface area (Å²) >= 11 is 0. The number of carbonyl (C=O) groups is 1. The number of aryl methyl sites for hydroxylation is 1. The fourth-order valence-corrected chi connectivity index (χ4v) is 4.87. The fraction of sp³-hybridized carbons (Fsp3) is 0.188. The Morgan fingerprint density at radius 2 is 1.50 bits per heavy atom. The predicted molar refractivity (Wildman–Crippen MR) is 145 cm³/mol. The Hall–Kier alpha value is -4.18. The zero-order chi connectivity index (χ0) is 24.7. The van der Waals surface area contributed by atoms with Crippen molar-refractivity contribution >= 4 is 11.6 Å². The zero-order valence-corrected chi connectivity index (χ0v) is 20.6. The van der Waals surface area contributed by atoms with Gasteiger partial charge in [0, 0.05) is 37.8 Å². The highest BCUT2D eigenvalue weighted by molar-refractivity contribution is 5.78. The van der Waals surface area contributed by atoms with E-state index in [1.54, 1.807) is 0 Å². The van der Waals surface area contributed by atoms with Crippen molar-refractivity contribution in [1.29, 1.82) is 0 Å². The highest BCUT2D eigenvalue weighted by atomic mass is 16.2. The number of imidazole rings is 1. The van der Waals surface area contributed by atoms with Gasteiger partial charge in [0.25, 0.3) is 0 Å². The lowest BCUT2D eigenvalue weighted by Gasteiger charge is -2.26. The number of benzene rings is 3. The molecule has 1 unspecified atom stereocenters. The fourth-order valence-electron chi connectivity index (χ4n) is 4.87. The van der Waals surface area contributed by atoms with Crippen LogP contribution in [0.4, 0.5) is 0 Å². The van der Waals surface area contributed by atoms with Crippen LogP contribution >= 0.6 is 0 Å². The van der Waals surface area contributed by atoms with E-state index >= 15 is 0 Å². The summed E-state index contributed by atoms with van der Waals surface area (Å²) in [6, 6.07) is 35.0. The van der Waals surface area contributed by atoms with Crippen molar-refractivity contribution < 1.29 is 4.79 Å². The molecular weight excluding hydrogens is 442 g/mol. The van der Waals surface area contributed by atoms with E-state index in [-0.39, 0.29) is 11.8 Å². The van der Waals surface area contributed by atoms with Gasteiger partial charge in [-0.05, 0) is 47.7 Å². The Morgan fingerprint density at radius 1 is 0.833 bits per heavy atom. The summed E-state index contributed by atoms with van der Waals surface area (Å²) in [5.74, 6) is 0.0556. The molecule has 0 bridgehead atoms. The van der Waals surface area contributed by atoms with Crippen LogP contribution in [-0.4, -0.2) is 26.7 Å². The van der Waals surface area contributed by atoms with Crippen LogP contribution in [0.5, 0.6) is 0 Å². The van der Waals surface area contributed by atoms with Gasteiger partial charge >= 0.3 is 0 Å². The van der Waals surface area contributed by atoms with E-state index in [0.717, 1.165) is 23.3 Å².